The van der Waals surface area contributed by atoms with Crippen LogP contribution in [0, 0.1) is 5.92 Å². The highest BCUT2D eigenvalue weighted by molar-refractivity contribution is 4.95. The predicted octanol–water partition coefficient (Wildman–Crippen LogP) is 3.86. The summed E-state index contributed by atoms with van der Waals surface area (Å²) >= 11 is 0. The fourth-order valence-electron chi connectivity index (χ4n) is 2.89. The van der Waals surface area contributed by atoms with E-state index in [1.807, 2.05) is 0 Å². The molecular weight excluding hydrogens is 170 g/mol. The summed E-state index contributed by atoms with van der Waals surface area (Å²) in [7, 11) is 0. The van der Waals surface area contributed by atoms with Gasteiger partial charge in [-0.15, -0.1) is 0 Å². The van der Waals surface area contributed by atoms with Crippen molar-refractivity contribution in [2.45, 2.75) is 77.2 Å². The quantitative estimate of drug-likeness (QED) is 0.687. The summed E-state index contributed by atoms with van der Waals surface area (Å²) in [4.78, 5) is 0. The molecule has 2 atom stereocenters. The standard InChI is InChI=1S/C13H27N/c1-3-5-8-12-9-7-11-13(12,14)10-6-4-2/h12H,3-11,14H2,1-2H3. The van der Waals surface area contributed by atoms with Gasteiger partial charge in [0, 0.05) is 5.54 Å². The topological polar surface area (TPSA) is 26.0 Å². The first-order valence-corrected chi connectivity index (χ1v) is 6.52. The Bertz CT molecular complexity index is 155. The first-order valence-electron chi connectivity index (χ1n) is 6.52. The van der Waals surface area contributed by atoms with Crippen LogP contribution in [0.1, 0.15) is 71.6 Å². The van der Waals surface area contributed by atoms with E-state index >= 15 is 0 Å². The molecule has 0 aromatic heterocycles. The van der Waals surface area contributed by atoms with Gasteiger partial charge >= 0.3 is 0 Å². The van der Waals surface area contributed by atoms with Crippen LogP contribution in [0.15, 0.2) is 0 Å². The molecule has 1 rings (SSSR count). The zero-order valence-corrected chi connectivity index (χ0v) is 10.0. The van der Waals surface area contributed by atoms with Crippen LogP contribution in [0.2, 0.25) is 0 Å². The van der Waals surface area contributed by atoms with Crippen LogP contribution in [0.5, 0.6) is 0 Å². The van der Waals surface area contributed by atoms with Gasteiger partial charge in [-0.3, -0.25) is 0 Å². The first kappa shape index (κ1) is 12.0. The Morgan fingerprint density at radius 2 is 1.93 bits per heavy atom. The zero-order valence-electron chi connectivity index (χ0n) is 10.0. The number of rotatable bonds is 6. The predicted molar refractivity (Wildman–Crippen MR) is 63.3 cm³/mol. The highest BCUT2D eigenvalue weighted by Gasteiger charge is 2.37. The van der Waals surface area contributed by atoms with Gasteiger partial charge < -0.3 is 5.73 Å². The van der Waals surface area contributed by atoms with Crippen molar-refractivity contribution in [3.8, 4) is 0 Å². The molecule has 0 aromatic rings. The number of unbranched alkanes of at least 4 members (excludes halogenated alkanes) is 2. The normalized spacial score (nSPS) is 32.4. The van der Waals surface area contributed by atoms with E-state index in [1.54, 1.807) is 0 Å². The van der Waals surface area contributed by atoms with Crippen LogP contribution < -0.4 is 5.73 Å². The molecule has 0 heterocycles. The van der Waals surface area contributed by atoms with Crippen molar-refractivity contribution in [3.05, 3.63) is 0 Å². The van der Waals surface area contributed by atoms with E-state index in [-0.39, 0.29) is 5.54 Å². The molecule has 1 aliphatic carbocycles. The van der Waals surface area contributed by atoms with Crippen molar-refractivity contribution < 1.29 is 0 Å². The molecule has 1 fully saturated rings. The minimum absolute atomic E-state index is 0.213. The SMILES string of the molecule is CCCCC1CCCC1(N)CCCC. The monoisotopic (exact) mass is 197 g/mol. The molecule has 0 amide bonds. The molecule has 1 aliphatic rings. The molecule has 2 unspecified atom stereocenters. The molecule has 0 aromatic carbocycles. The molecule has 0 saturated heterocycles. The maximum absolute atomic E-state index is 6.53. The summed E-state index contributed by atoms with van der Waals surface area (Å²) in [6, 6.07) is 0. The van der Waals surface area contributed by atoms with Crippen LogP contribution in [0.25, 0.3) is 0 Å². The van der Waals surface area contributed by atoms with Crippen molar-refractivity contribution in [3.63, 3.8) is 0 Å². The van der Waals surface area contributed by atoms with E-state index in [0.717, 1.165) is 5.92 Å². The second-order valence-corrected chi connectivity index (χ2v) is 5.07. The largest absolute Gasteiger partial charge is 0.325 e. The number of hydrogen-bond acceptors (Lipinski definition) is 1. The van der Waals surface area contributed by atoms with Crippen molar-refractivity contribution in [2.75, 3.05) is 0 Å². The molecule has 1 saturated carbocycles. The van der Waals surface area contributed by atoms with Gasteiger partial charge in [0.2, 0.25) is 0 Å². The van der Waals surface area contributed by atoms with Crippen molar-refractivity contribution in [1.82, 2.24) is 0 Å². The third-order valence-corrected chi connectivity index (χ3v) is 3.91. The Kier molecular flexibility index (Phi) is 4.94. The van der Waals surface area contributed by atoms with Crippen LogP contribution >= 0.6 is 0 Å². The summed E-state index contributed by atoms with van der Waals surface area (Å²) < 4.78 is 0. The maximum atomic E-state index is 6.53. The highest BCUT2D eigenvalue weighted by atomic mass is 14.8. The average molecular weight is 197 g/mol. The van der Waals surface area contributed by atoms with E-state index in [0.29, 0.717) is 0 Å². The zero-order chi connectivity index (χ0) is 10.4. The van der Waals surface area contributed by atoms with Gasteiger partial charge in [-0.05, 0) is 31.6 Å². The van der Waals surface area contributed by atoms with E-state index in [2.05, 4.69) is 13.8 Å². The summed E-state index contributed by atoms with van der Waals surface area (Å²) in [6.45, 7) is 4.54. The lowest BCUT2D eigenvalue weighted by molar-refractivity contribution is 0.269. The molecule has 0 spiro atoms. The first-order chi connectivity index (χ1) is 6.73. The minimum Gasteiger partial charge on any atom is -0.325 e. The summed E-state index contributed by atoms with van der Waals surface area (Å²) in [5, 5.41) is 0. The molecule has 0 aliphatic heterocycles. The Morgan fingerprint density at radius 1 is 1.21 bits per heavy atom. The van der Waals surface area contributed by atoms with Gasteiger partial charge in [0.25, 0.3) is 0 Å². The average Bonchev–Trinajstić information content (AvgIpc) is 2.54. The Morgan fingerprint density at radius 3 is 2.57 bits per heavy atom. The third kappa shape index (κ3) is 2.98. The lowest BCUT2D eigenvalue weighted by Gasteiger charge is -2.31. The molecule has 2 N–H and O–H groups in total. The van der Waals surface area contributed by atoms with Crippen molar-refractivity contribution in [1.29, 1.82) is 0 Å². The Labute approximate surface area is 89.5 Å². The van der Waals surface area contributed by atoms with E-state index in [9.17, 15) is 0 Å². The van der Waals surface area contributed by atoms with Gasteiger partial charge in [0.1, 0.15) is 0 Å². The maximum Gasteiger partial charge on any atom is 0.0182 e. The molecule has 84 valence electrons. The fraction of sp³-hybridized carbons (Fsp3) is 1.00. The van der Waals surface area contributed by atoms with Crippen LogP contribution in [0.4, 0.5) is 0 Å². The lowest BCUT2D eigenvalue weighted by atomic mass is 9.81. The highest BCUT2D eigenvalue weighted by Crippen LogP contribution is 2.40. The van der Waals surface area contributed by atoms with E-state index in [1.165, 1.54) is 57.8 Å². The van der Waals surface area contributed by atoms with Crippen LogP contribution in [0.3, 0.4) is 0 Å². The molecule has 1 heteroatoms. The Balaban J connectivity index is 2.39. The number of hydrogen-bond donors (Lipinski definition) is 1. The molecule has 0 bridgehead atoms. The van der Waals surface area contributed by atoms with Crippen molar-refractivity contribution in [2.24, 2.45) is 11.7 Å². The summed E-state index contributed by atoms with van der Waals surface area (Å²) in [6.07, 6.45) is 12.0. The molecule has 1 nitrogen and oxygen atoms in total. The van der Waals surface area contributed by atoms with Gasteiger partial charge in [0.05, 0.1) is 0 Å². The minimum atomic E-state index is 0.213. The third-order valence-electron chi connectivity index (χ3n) is 3.91. The van der Waals surface area contributed by atoms with Gasteiger partial charge in [-0.2, -0.15) is 0 Å². The second-order valence-electron chi connectivity index (χ2n) is 5.07. The molecular formula is C13H27N. The van der Waals surface area contributed by atoms with Crippen LogP contribution in [-0.2, 0) is 0 Å². The summed E-state index contributed by atoms with van der Waals surface area (Å²) in [5.41, 5.74) is 6.74. The van der Waals surface area contributed by atoms with Gasteiger partial charge in [0.15, 0.2) is 0 Å². The van der Waals surface area contributed by atoms with Gasteiger partial charge in [-0.25, -0.2) is 0 Å². The van der Waals surface area contributed by atoms with E-state index in [4.69, 9.17) is 5.73 Å². The van der Waals surface area contributed by atoms with Crippen LogP contribution in [-0.4, -0.2) is 5.54 Å². The molecule has 14 heavy (non-hydrogen) atoms. The lowest BCUT2D eigenvalue weighted by Crippen LogP contribution is -2.43. The van der Waals surface area contributed by atoms with Gasteiger partial charge in [-0.1, -0.05) is 46.0 Å². The van der Waals surface area contributed by atoms with Crippen molar-refractivity contribution >= 4 is 0 Å². The fourth-order valence-corrected chi connectivity index (χ4v) is 2.89. The second kappa shape index (κ2) is 5.75. The number of nitrogens with two attached hydrogens (primary N) is 1. The molecule has 0 radical (unpaired) electrons. The van der Waals surface area contributed by atoms with E-state index < -0.39 is 0 Å². The Hall–Kier alpha value is -0.0400. The smallest absolute Gasteiger partial charge is 0.0182 e. The summed E-state index contributed by atoms with van der Waals surface area (Å²) in [5.74, 6) is 0.828.